The number of fused-ring (bicyclic) bond motifs is 1. The van der Waals surface area contributed by atoms with Crippen LogP contribution < -0.4 is 10.2 Å². The van der Waals surface area contributed by atoms with Gasteiger partial charge in [0.05, 0.1) is 12.8 Å². The van der Waals surface area contributed by atoms with Gasteiger partial charge in [-0.25, -0.2) is 9.69 Å². The molecule has 32 heavy (non-hydrogen) atoms. The van der Waals surface area contributed by atoms with Crippen LogP contribution in [0.3, 0.4) is 0 Å². The Hall–Kier alpha value is -4.20. The molecule has 0 aliphatic carbocycles. The first-order chi connectivity index (χ1) is 15.3. The molecule has 1 N–H and O–H groups in total. The Bertz CT molecular complexity index is 1320. The van der Waals surface area contributed by atoms with Crippen LogP contribution >= 0.6 is 0 Å². The topological polar surface area (TPSA) is 97.7 Å². The highest BCUT2D eigenvalue weighted by Gasteiger charge is 2.37. The summed E-state index contributed by atoms with van der Waals surface area (Å²) in [6, 6.07) is 11.7. The zero-order valence-electron chi connectivity index (χ0n) is 17.8. The number of amides is 4. The van der Waals surface area contributed by atoms with Gasteiger partial charge >= 0.3 is 12.0 Å². The van der Waals surface area contributed by atoms with Gasteiger partial charge < -0.3 is 9.30 Å². The van der Waals surface area contributed by atoms with Gasteiger partial charge in [-0.3, -0.25) is 19.7 Å². The second-order valence-electron chi connectivity index (χ2n) is 7.53. The molecular weight excluding hydrogens is 410 g/mol. The van der Waals surface area contributed by atoms with Gasteiger partial charge in [0.25, 0.3) is 11.8 Å². The van der Waals surface area contributed by atoms with Crippen molar-refractivity contribution in [2.45, 2.75) is 20.4 Å². The van der Waals surface area contributed by atoms with E-state index in [1.54, 1.807) is 22.9 Å². The molecule has 0 saturated carbocycles. The lowest BCUT2D eigenvalue weighted by atomic mass is 10.0. The normalized spacial score (nSPS) is 15.4. The van der Waals surface area contributed by atoms with Crippen molar-refractivity contribution < 1.29 is 23.9 Å². The fourth-order valence-electron chi connectivity index (χ4n) is 3.64. The maximum atomic E-state index is 13.2. The number of imide groups is 2. The number of rotatable bonds is 4. The van der Waals surface area contributed by atoms with Gasteiger partial charge in [-0.1, -0.05) is 24.3 Å². The van der Waals surface area contributed by atoms with E-state index in [-0.39, 0.29) is 12.1 Å². The minimum absolute atomic E-state index is 0.0203. The number of nitrogens with one attached hydrogen (secondary N) is 1. The Morgan fingerprint density at radius 2 is 1.81 bits per heavy atom. The number of carbonyl (C=O) groups is 4. The molecule has 3 aromatic rings. The first-order valence-corrected chi connectivity index (χ1v) is 9.93. The van der Waals surface area contributed by atoms with Crippen molar-refractivity contribution in [2.24, 2.45) is 0 Å². The molecule has 8 heteroatoms. The van der Waals surface area contributed by atoms with Gasteiger partial charge in [0.1, 0.15) is 12.1 Å². The first-order valence-electron chi connectivity index (χ1n) is 9.93. The van der Waals surface area contributed by atoms with Crippen LogP contribution in [0.15, 0.2) is 54.2 Å². The highest BCUT2D eigenvalue weighted by atomic mass is 16.5. The molecule has 0 radical (unpaired) electrons. The summed E-state index contributed by atoms with van der Waals surface area (Å²) in [6.45, 7) is 3.78. The smallest absolute Gasteiger partial charge is 0.335 e. The Kier molecular flexibility index (Phi) is 5.36. The molecule has 0 bridgehead atoms. The summed E-state index contributed by atoms with van der Waals surface area (Å²) in [7, 11) is 1.31. The fraction of sp³-hybridized carbons (Fsp3) is 0.167. The number of hydrogen-bond acceptors (Lipinski definition) is 5. The number of carbonyl (C=O) groups excluding carboxylic acids is 4. The van der Waals surface area contributed by atoms with Gasteiger partial charge in [-0.2, -0.15) is 0 Å². The minimum atomic E-state index is -0.798. The summed E-state index contributed by atoms with van der Waals surface area (Å²) in [5.41, 5.74) is 3.44. The molecule has 1 aliphatic heterocycles. The van der Waals surface area contributed by atoms with E-state index < -0.39 is 23.8 Å². The molecular formula is C24H21N3O5. The van der Waals surface area contributed by atoms with Crippen LogP contribution in [0.2, 0.25) is 0 Å². The van der Waals surface area contributed by atoms with Crippen LogP contribution in [-0.2, 0) is 25.7 Å². The molecule has 8 nitrogen and oxygen atoms in total. The number of para-hydroxylation sites is 1. The number of aryl methyl sites for hydroxylation is 2. The molecule has 1 fully saturated rings. The monoisotopic (exact) mass is 431 g/mol. The number of ether oxygens (including phenoxy) is 1. The number of benzene rings is 2. The van der Waals surface area contributed by atoms with Crippen LogP contribution in [0.25, 0.3) is 17.0 Å². The summed E-state index contributed by atoms with van der Waals surface area (Å²) in [5.74, 6) is -1.92. The van der Waals surface area contributed by atoms with Crippen molar-refractivity contribution in [1.82, 2.24) is 9.88 Å². The van der Waals surface area contributed by atoms with E-state index in [9.17, 15) is 19.2 Å². The number of barbiturate groups is 1. The Balaban J connectivity index is 1.79. The third-order valence-electron chi connectivity index (χ3n) is 5.50. The van der Waals surface area contributed by atoms with Crippen molar-refractivity contribution in [2.75, 3.05) is 12.0 Å². The molecule has 1 saturated heterocycles. The maximum absolute atomic E-state index is 13.2. The van der Waals surface area contributed by atoms with Gasteiger partial charge in [0.2, 0.25) is 0 Å². The summed E-state index contributed by atoms with van der Waals surface area (Å²) in [4.78, 5) is 51.0. The van der Waals surface area contributed by atoms with Gasteiger partial charge in [0.15, 0.2) is 0 Å². The summed E-state index contributed by atoms with van der Waals surface area (Å²) < 4.78 is 6.44. The van der Waals surface area contributed by atoms with E-state index in [1.807, 2.05) is 44.2 Å². The Morgan fingerprint density at radius 3 is 2.53 bits per heavy atom. The second-order valence-corrected chi connectivity index (χ2v) is 7.53. The lowest BCUT2D eigenvalue weighted by Gasteiger charge is -2.26. The number of nitrogens with zero attached hydrogens (tertiary/aromatic N) is 2. The second kappa shape index (κ2) is 8.14. The maximum Gasteiger partial charge on any atom is 0.335 e. The first kappa shape index (κ1) is 21.0. The molecule has 4 amide bonds. The van der Waals surface area contributed by atoms with Gasteiger partial charge in [-0.15, -0.1) is 0 Å². The van der Waals surface area contributed by atoms with Gasteiger partial charge in [0, 0.05) is 22.7 Å². The lowest BCUT2D eigenvalue weighted by Crippen LogP contribution is -2.54. The van der Waals surface area contributed by atoms with Crippen molar-refractivity contribution >= 4 is 46.5 Å². The number of methoxy groups -OCH3 is 1. The molecule has 2 heterocycles. The van der Waals surface area contributed by atoms with E-state index in [2.05, 4.69) is 5.32 Å². The molecule has 2 aromatic carbocycles. The van der Waals surface area contributed by atoms with Crippen molar-refractivity contribution in [3.63, 3.8) is 0 Å². The SMILES string of the molecule is COC(=O)Cn1cc(C=C2C(=O)NC(=O)N(c3ccc(C)c(C)c3)C2=O)c2ccccc21. The Morgan fingerprint density at radius 1 is 1.06 bits per heavy atom. The van der Waals surface area contributed by atoms with E-state index in [1.165, 1.54) is 13.2 Å². The third-order valence-corrected chi connectivity index (χ3v) is 5.50. The summed E-state index contributed by atoms with van der Waals surface area (Å²) in [6.07, 6.45) is 3.11. The quantitative estimate of drug-likeness (QED) is 0.389. The summed E-state index contributed by atoms with van der Waals surface area (Å²) >= 11 is 0. The Labute approximate surface area is 184 Å². The zero-order valence-corrected chi connectivity index (χ0v) is 17.8. The van der Waals surface area contributed by atoms with E-state index in [4.69, 9.17) is 4.74 Å². The van der Waals surface area contributed by atoms with Crippen LogP contribution in [0.5, 0.6) is 0 Å². The lowest BCUT2D eigenvalue weighted by molar-refractivity contribution is -0.141. The van der Waals surface area contributed by atoms with E-state index in [0.29, 0.717) is 11.3 Å². The fourth-order valence-corrected chi connectivity index (χ4v) is 3.64. The predicted molar refractivity (Wildman–Crippen MR) is 119 cm³/mol. The molecule has 1 aliphatic rings. The van der Waals surface area contributed by atoms with Crippen LogP contribution in [0, 0.1) is 13.8 Å². The average Bonchev–Trinajstić information content (AvgIpc) is 3.10. The molecule has 162 valence electrons. The van der Waals surface area contributed by atoms with Crippen LogP contribution in [0.4, 0.5) is 10.5 Å². The third kappa shape index (κ3) is 3.66. The molecule has 0 unspecified atom stereocenters. The average molecular weight is 431 g/mol. The number of anilines is 1. The van der Waals surface area contributed by atoms with E-state index >= 15 is 0 Å². The van der Waals surface area contributed by atoms with Crippen molar-refractivity contribution in [3.8, 4) is 0 Å². The van der Waals surface area contributed by atoms with E-state index in [0.717, 1.165) is 26.9 Å². The summed E-state index contributed by atoms with van der Waals surface area (Å²) in [5, 5.41) is 2.99. The van der Waals surface area contributed by atoms with Crippen molar-refractivity contribution in [1.29, 1.82) is 0 Å². The number of aromatic nitrogens is 1. The number of esters is 1. The van der Waals surface area contributed by atoms with Crippen LogP contribution in [-0.4, -0.2) is 35.5 Å². The largest absolute Gasteiger partial charge is 0.468 e. The predicted octanol–water partition coefficient (Wildman–Crippen LogP) is 3.10. The standard InChI is InChI=1S/C24H21N3O5/c1-14-8-9-17(10-15(14)2)27-23(30)19(22(29)25-24(27)31)11-16-12-26(13-21(28)32-3)20-7-5-4-6-18(16)20/h4-12H,13H2,1-3H3,(H,25,29,31). The highest BCUT2D eigenvalue weighted by Crippen LogP contribution is 2.27. The minimum Gasteiger partial charge on any atom is -0.468 e. The number of hydrogen-bond donors (Lipinski definition) is 1. The van der Waals surface area contributed by atoms with Gasteiger partial charge in [-0.05, 0) is 49.2 Å². The molecule has 0 spiro atoms. The molecule has 4 rings (SSSR count). The van der Waals surface area contributed by atoms with Crippen LogP contribution in [0.1, 0.15) is 16.7 Å². The zero-order chi connectivity index (χ0) is 23.0. The molecule has 1 aromatic heterocycles. The molecule has 0 atom stereocenters. The number of urea groups is 1. The highest BCUT2D eigenvalue weighted by molar-refractivity contribution is 6.39. The van der Waals surface area contributed by atoms with Crippen molar-refractivity contribution in [3.05, 3.63) is 70.9 Å².